The van der Waals surface area contributed by atoms with Gasteiger partial charge in [0.15, 0.2) is 0 Å². The van der Waals surface area contributed by atoms with Crippen LogP contribution < -0.4 is 15.5 Å². The fraction of sp³-hybridized carbons (Fsp3) is 0.412. The van der Waals surface area contributed by atoms with Gasteiger partial charge in [-0.05, 0) is 19.2 Å². The molecule has 1 fully saturated rings. The van der Waals surface area contributed by atoms with Gasteiger partial charge in [0.2, 0.25) is 5.95 Å². The zero-order chi connectivity index (χ0) is 15.8. The standard InChI is InChI=1S/C17H22N6/c1-21-7-9-22(10-8-21)16-14-11-23(13-5-3-2-4-6-13)12-15(14)19-17(18)20-16/h2-6H,7-12H2,1H3,(H2,18,19,20). The minimum atomic E-state index is 0.382. The van der Waals surface area contributed by atoms with Crippen molar-refractivity contribution in [3.63, 3.8) is 0 Å². The zero-order valence-electron chi connectivity index (χ0n) is 13.4. The highest BCUT2D eigenvalue weighted by molar-refractivity contribution is 5.59. The summed E-state index contributed by atoms with van der Waals surface area (Å²) in [4.78, 5) is 16.1. The fourth-order valence-electron chi connectivity index (χ4n) is 3.36. The molecule has 120 valence electrons. The highest BCUT2D eigenvalue weighted by Crippen LogP contribution is 2.33. The molecule has 23 heavy (non-hydrogen) atoms. The molecule has 6 heteroatoms. The lowest BCUT2D eigenvalue weighted by Crippen LogP contribution is -2.45. The highest BCUT2D eigenvalue weighted by atomic mass is 15.3. The molecule has 0 atom stereocenters. The van der Waals surface area contributed by atoms with E-state index in [0.717, 1.165) is 50.8 Å². The van der Waals surface area contributed by atoms with Crippen LogP contribution in [0, 0.1) is 0 Å². The van der Waals surface area contributed by atoms with E-state index in [1.165, 1.54) is 11.3 Å². The van der Waals surface area contributed by atoms with Crippen molar-refractivity contribution < 1.29 is 0 Å². The lowest BCUT2D eigenvalue weighted by atomic mass is 10.2. The third-order valence-electron chi connectivity index (χ3n) is 4.70. The average Bonchev–Trinajstić information content (AvgIpc) is 2.99. The molecule has 0 unspecified atom stereocenters. The Balaban J connectivity index is 1.64. The van der Waals surface area contributed by atoms with Gasteiger partial charge < -0.3 is 20.4 Å². The highest BCUT2D eigenvalue weighted by Gasteiger charge is 2.28. The summed E-state index contributed by atoms with van der Waals surface area (Å²) in [7, 11) is 2.16. The maximum absolute atomic E-state index is 5.97. The van der Waals surface area contributed by atoms with Gasteiger partial charge in [0.1, 0.15) is 5.82 Å². The Morgan fingerprint density at radius 3 is 2.39 bits per heavy atom. The van der Waals surface area contributed by atoms with E-state index in [1.54, 1.807) is 0 Å². The van der Waals surface area contributed by atoms with Crippen LogP contribution in [0.15, 0.2) is 30.3 Å². The van der Waals surface area contributed by atoms with Crippen molar-refractivity contribution in [2.45, 2.75) is 13.1 Å². The van der Waals surface area contributed by atoms with Crippen LogP contribution >= 0.6 is 0 Å². The van der Waals surface area contributed by atoms with Crippen LogP contribution in [-0.4, -0.2) is 48.1 Å². The number of piperazine rings is 1. The van der Waals surface area contributed by atoms with Crippen molar-refractivity contribution in [2.75, 3.05) is 48.8 Å². The van der Waals surface area contributed by atoms with Crippen LogP contribution in [-0.2, 0) is 13.1 Å². The summed E-state index contributed by atoms with van der Waals surface area (Å²) < 4.78 is 0. The number of nitrogens with zero attached hydrogens (tertiary/aromatic N) is 5. The maximum Gasteiger partial charge on any atom is 0.222 e. The number of rotatable bonds is 2. The monoisotopic (exact) mass is 310 g/mol. The summed E-state index contributed by atoms with van der Waals surface area (Å²) in [5.41, 5.74) is 9.48. The maximum atomic E-state index is 5.97. The minimum absolute atomic E-state index is 0.382. The number of hydrogen-bond acceptors (Lipinski definition) is 6. The van der Waals surface area contributed by atoms with Gasteiger partial charge >= 0.3 is 0 Å². The lowest BCUT2D eigenvalue weighted by molar-refractivity contribution is 0.312. The van der Waals surface area contributed by atoms with Crippen LogP contribution in [0.25, 0.3) is 0 Å². The van der Waals surface area contributed by atoms with Crippen LogP contribution in [0.2, 0.25) is 0 Å². The molecular formula is C17H22N6. The summed E-state index contributed by atoms with van der Waals surface area (Å²) in [6, 6.07) is 10.5. The average molecular weight is 310 g/mol. The first-order chi connectivity index (χ1) is 11.2. The Bertz CT molecular complexity index is 694. The Morgan fingerprint density at radius 2 is 1.65 bits per heavy atom. The number of aromatic nitrogens is 2. The number of anilines is 3. The van der Waals surface area contributed by atoms with Crippen molar-refractivity contribution >= 4 is 17.5 Å². The van der Waals surface area contributed by atoms with Crippen LogP contribution in [0.5, 0.6) is 0 Å². The summed E-state index contributed by atoms with van der Waals surface area (Å²) in [6.07, 6.45) is 0. The van der Waals surface area contributed by atoms with Crippen molar-refractivity contribution in [3.8, 4) is 0 Å². The summed E-state index contributed by atoms with van der Waals surface area (Å²) in [5.74, 6) is 1.41. The van der Waals surface area contributed by atoms with Gasteiger partial charge in [0, 0.05) is 44.0 Å². The summed E-state index contributed by atoms with van der Waals surface area (Å²) in [6.45, 7) is 5.74. The zero-order valence-corrected chi connectivity index (χ0v) is 13.4. The van der Waals surface area contributed by atoms with Gasteiger partial charge in [-0.15, -0.1) is 0 Å². The van der Waals surface area contributed by atoms with Crippen molar-refractivity contribution in [1.82, 2.24) is 14.9 Å². The summed E-state index contributed by atoms with van der Waals surface area (Å²) in [5, 5.41) is 0. The summed E-state index contributed by atoms with van der Waals surface area (Å²) >= 11 is 0. The van der Waals surface area contributed by atoms with Crippen LogP contribution in [0.4, 0.5) is 17.5 Å². The second kappa shape index (κ2) is 5.70. The minimum Gasteiger partial charge on any atom is -0.368 e. The van der Waals surface area contributed by atoms with E-state index in [-0.39, 0.29) is 0 Å². The van der Waals surface area contributed by atoms with Gasteiger partial charge in [0.05, 0.1) is 12.2 Å². The molecule has 6 nitrogen and oxygen atoms in total. The normalized spacial score (nSPS) is 18.3. The molecular weight excluding hydrogens is 288 g/mol. The van der Waals surface area contributed by atoms with E-state index in [9.17, 15) is 0 Å². The molecule has 1 aromatic carbocycles. The Kier molecular flexibility index (Phi) is 3.53. The number of likely N-dealkylation sites (N-methyl/N-ethyl adjacent to an activating group) is 1. The number of nitrogens with two attached hydrogens (primary N) is 1. The quantitative estimate of drug-likeness (QED) is 0.903. The molecule has 2 aromatic rings. The molecule has 4 rings (SSSR count). The van der Waals surface area contributed by atoms with Gasteiger partial charge in [-0.3, -0.25) is 0 Å². The lowest BCUT2D eigenvalue weighted by Gasteiger charge is -2.34. The Morgan fingerprint density at radius 1 is 0.913 bits per heavy atom. The van der Waals surface area contributed by atoms with Crippen LogP contribution in [0.3, 0.4) is 0 Å². The van der Waals surface area contributed by atoms with E-state index in [0.29, 0.717) is 5.95 Å². The molecule has 0 saturated carbocycles. The molecule has 3 heterocycles. The predicted octanol–water partition coefficient (Wildman–Crippen LogP) is 1.33. The van der Waals surface area contributed by atoms with Gasteiger partial charge in [-0.25, -0.2) is 4.98 Å². The molecule has 2 N–H and O–H groups in total. The predicted molar refractivity (Wildman–Crippen MR) is 92.5 cm³/mol. The SMILES string of the molecule is CN1CCN(c2nc(N)nc3c2CN(c2ccccc2)C3)CC1. The molecule has 0 radical (unpaired) electrons. The Hall–Kier alpha value is -2.34. The third-order valence-corrected chi connectivity index (χ3v) is 4.70. The topological polar surface area (TPSA) is 61.5 Å². The van der Waals surface area contributed by atoms with Gasteiger partial charge in [-0.1, -0.05) is 18.2 Å². The first kappa shape index (κ1) is 14.3. The first-order valence-corrected chi connectivity index (χ1v) is 8.09. The molecule has 0 aliphatic carbocycles. The van der Waals surface area contributed by atoms with Gasteiger partial charge in [0.25, 0.3) is 0 Å². The smallest absolute Gasteiger partial charge is 0.222 e. The van der Waals surface area contributed by atoms with Crippen LogP contribution in [0.1, 0.15) is 11.3 Å². The second-order valence-electron chi connectivity index (χ2n) is 6.31. The molecule has 0 spiro atoms. The number of para-hydroxylation sites is 1. The van der Waals surface area contributed by atoms with E-state index in [4.69, 9.17) is 5.73 Å². The molecule has 1 aromatic heterocycles. The number of nitrogen functional groups attached to an aromatic ring is 1. The molecule has 0 amide bonds. The molecule has 2 aliphatic heterocycles. The van der Waals surface area contributed by atoms with Crippen molar-refractivity contribution in [2.24, 2.45) is 0 Å². The first-order valence-electron chi connectivity index (χ1n) is 8.09. The Labute approximate surface area is 136 Å². The largest absolute Gasteiger partial charge is 0.368 e. The van der Waals surface area contributed by atoms with E-state index in [2.05, 4.69) is 56.0 Å². The number of fused-ring (bicyclic) bond motifs is 1. The fourth-order valence-corrected chi connectivity index (χ4v) is 3.36. The molecule has 2 aliphatic rings. The van der Waals surface area contributed by atoms with E-state index in [1.807, 2.05) is 6.07 Å². The number of benzene rings is 1. The van der Waals surface area contributed by atoms with Crippen molar-refractivity contribution in [3.05, 3.63) is 41.6 Å². The second-order valence-corrected chi connectivity index (χ2v) is 6.31. The number of hydrogen-bond donors (Lipinski definition) is 1. The van der Waals surface area contributed by atoms with Crippen molar-refractivity contribution in [1.29, 1.82) is 0 Å². The molecule has 1 saturated heterocycles. The third kappa shape index (κ3) is 2.70. The molecule has 0 bridgehead atoms. The van der Waals surface area contributed by atoms with E-state index < -0.39 is 0 Å². The van der Waals surface area contributed by atoms with Gasteiger partial charge in [-0.2, -0.15) is 4.98 Å². The van der Waals surface area contributed by atoms with E-state index >= 15 is 0 Å².